The van der Waals surface area contributed by atoms with Crippen molar-refractivity contribution in [2.75, 3.05) is 38.0 Å². The van der Waals surface area contributed by atoms with Crippen LogP contribution in [0.3, 0.4) is 0 Å². The molecular weight excluding hydrogens is 338 g/mol. The van der Waals surface area contributed by atoms with Crippen LogP contribution >= 0.6 is 0 Å². The summed E-state index contributed by atoms with van der Waals surface area (Å²) in [6.07, 6.45) is 0. The zero-order valence-electron chi connectivity index (χ0n) is 16.3. The molecule has 2 aromatic rings. The number of amides is 2. The predicted molar refractivity (Wildman–Crippen MR) is 107 cm³/mol. The van der Waals surface area contributed by atoms with Crippen LogP contribution in [-0.4, -0.2) is 49.4 Å². The van der Waals surface area contributed by atoms with Crippen LogP contribution in [0.15, 0.2) is 42.5 Å². The minimum atomic E-state index is 0.0305. The number of nitrogens with one attached hydrogen (secondary N) is 2. The fraction of sp³-hybridized carbons (Fsp3) is 0.364. The summed E-state index contributed by atoms with van der Waals surface area (Å²) in [5, 5.41) is 3.07. The third kappa shape index (κ3) is 4.74. The molecule has 2 N–H and O–H groups in total. The van der Waals surface area contributed by atoms with E-state index in [2.05, 4.69) is 24.4 Å². The van der Waals surface area contributed by atoms with Crippen molar-refractivity contribution >= 4 is 17.5 Å². The third-order valence-corrected chi connectivity index (χ3v) is 5.13. The van der Waals surface area contributed by atoms with E-state index in [0.29, 0.717) is 19.6 Å². The van der Waals surface area contributed by atoms with Crippen LogP contribution in [0.4, 0.5) is 5.69 Å². The van der Waals surface area contributed by atoms with Crippen molar-refractivity contribution < 1.29 is 14.5 Å². The summed E-state index contributed by atoms with van der Waals surface area (Å²) in [7, 11) is 0. The molecule has 0 bridgehead atoms. The van der Waals surface area contributed by atoms with Crippen molar-refractivity contribution in [3.63, 3.8) is 0 Å². The van der Waals surface area contributed by atoms with E-state index in [1.807, 2.05) is 49.1 Å². The first-order valence-corrected chi connectivity index (χ1v) is 9.49. The average molecular weight is 366 g/mol. The zero-order chi connectivity index (χ0) is 19.4. The number of anilines is 1. The molecule has 1 heterocycles. The van der Waals surface area contributed by atoms with E-state index in [1.165, 1.54) is 10.5 Å². The monoisotopic (exact) mass is 366 g/mol. The van der Waals surface area contributed by atoms with Gasteiger partial charge in [-0.1, -0.05) is 35.9 Å². The van der Waals surface area contributed by atoms with E-state index >= 15 is 0 Å². The van der Waals surface area contributed by atoms with Crippen LogP contribution in [0.1, 0.15) is 27.0 Å². The second-order valence-electron chi connectivity index (χ2n) is 7.41. The number of quaternary nitrogens is 1. The van der Waals surface area contributed by atoms with E-state index in [-0.39, 0.29) is 11.8 Å². The standard InChI is InChI=1S/C22H27N3O2/c1-16-13-17(2)21(18(3)14-16)23-20(26)15-24-9-11-25(12-10-24)22(27)19-7-5-4-6-8-19/h4-8,13-14H,9-12,15H2,1-3H3,(H,23,26)/p+1. The number of rotatable bonds is 4. The molecule has 2 amide bonds. The lowest BCUT2D eigenvalue weighted by atomic mass is 10.1. The molecule has 0 saturated carbocycles. The molecule has 0 spiro atoms. The van der Waals surface area contributed by atoms with Gasteiger partial charge in [0.1, 0.15) is 0 Å². The summed E-state index contributed by atoms with van der Waals surface area (Å²) < 4.78 is 0. The van der Waals surface area contributed by atoms with E-state index in [0.717, 1.165) is 35.5 Å². The van der Waals surface area contributed by atoms with Gasteiger partial charge in [-0.2, -0.15) is 0 Å². The van der Waals surface area contributed by atoms with Gasteiger partial charge in [0.05, 0.1) is 26.2 Å². The maximum Gasteiger partial charge on any atom is 0.279 e. The summed E-state index contributed by atoms with van der Waals surface area (Å²) in [6.45, 7) is 9.48. The number of piperazine rings is 1. The molecule has 0 atom stereocenters. The van der Waals surface area contributed by atoms with E-state index in [9.17, 15) is 9.59 Å². The van der Waals surface area contributed by atoms with Crippen molar-refractivity contribution in [1.29, 1.82) is 0 Å². The molecule has 142 valence electrons. The Hall–Kier alpha value is -2.66. The Labute approximate surface area is 161 Å². The second kappa shape index (κ2) is 8.35. The number of carbonyl (C=O) groups excluding carboxylic acids is 2. The molecule has 0 aromatic heterocycles. The Morgan fingerprint density at radius 1 is 1.00 bits per heavy atom. The lowest BCUT2D eigenvalue weighted by molar-refractivity contribution is -0.895. The number of benzene rings is 2. The van der Waals surface area contributed by atoms with E-state index in [4.69, 9.17) is 0 Å². The minimum absolute atomic E-state index is 0.0305. The van der Waals surface area contributed by atoms with Crippen LogP contribution in [0.25, 0.3) is 0 Å². The van der Waals surface area contributed by atoms with Gasteiger partial charge >= 0.3 is 0 Å². The number of hydrogen-bond donors (Lipinski definition) is 2. The number of hydrogen-bond acceptors (Lipinski definition) is 2. The highest BCUT2D eigenvalue weighted by Gasteiger charge is 2.26. The van der Waals surface area contributed by atoms with Crippen LogP contribution < -0.4 is 10.2 Å². The number of aryl methyl sites for hydroxylation is 3. The van der Waals surface area contributed by atoms with Gasteiger partial charge < -0.3 is 15.1 Å². The molecule has 0 unspecified atom stereocenters. The number of nitrogens with zero attached hydrogens (tertiary/aromatic N) is 1. The van der Waals surface area contributed by atoms with Gasteiger partial charge in [-0.05, 0) is 44.0 Å². The molecule has 0 radical (unpaired) electrons. The largest absolute Gasteiger partial charge is 0.327 e. The Bertz CT molecular complexity index is 802. The van der Waals surface area contributed by atoms with Crippen molar-refractivity contribution in [2.24, 2.45) is 0 Å². The highest BCUT2D eigenvalue weighted by atomic mass is 16.2. The molecule has 3 rings (SSSR count). The smallest absolute Gasteiger partial charge is 0.279 e. The molecule has 2 aromatic carbocycles. The van der Waals surface area contributed by atoms with Gasteiger partial charge in [-0.25, -0.2) is 0 Å². The molecule has 27 heavy (non-hydrogen) atoms. The predicted octanol–water partition coefficient (Wildman–Crippen LogP) is 1.59. The van der Waals surface area contributed by atoms with Gasteiger partial charge in [0.25, 0.3) is 11.8 Å². The third-order valence-electron chi connectivity index (χ3n) is 5.13. The van der Waals surface area contributed by atoms with Crippen molar-refractivity contribution in [2.45, 2.75) is 20.8 Å². The normalized spacial score (nSPS) is 14.9. The maximum absolute atomic E-state index is 12.5. The minimum Gasteiger partial charge on any atom is -0.327 e. The lowest BCUT2D eigenvalue weighted by Crippen LogP contribution is -3.15. The fourth-order valence-electron chi connectivity index (χ4n) is 3.75. The summed E-state index contributed by atoms with van der Waals surface area (Å²) in [6, 6.07) is 13.5. The molecule has 1 aliphatic rings. The van der Waals surface area contributed by atoms with Crippen LogP contribution in [0.2, 0.25) is 0 Å². The van der Waals surface area contributed by atoms with Gasteiger partial charge in [-0.3, -0.25) is 9.59 Å². The first-order chi connectivity index (χ1) is 12.9. The molecule has 1 aliphatic heterocycles. The molecule has 5 heteroatoms. The lowest BCUT2D eigenvalue weighted by Gasteiger charge is -2.32. The molecule has 0 aliphatic carbocycles. The van der Waals surface area contributed by atoms with Crippen LogP contribution in [-0.2, 0) is 4.79 Å². The summed E-state index contributed by atoms with van der Waals surface area (Å²) in [4.78, 5) is 28.1. The Morgan fingerprint density at radius 2 is 1.59 bits per heavy atom. The highest BCUT2D eigenvalue weighted by Crippen LogP contribution is 2.21. The maximum atomic E-state index is 12.5. The van der Waals surface area contributed by atoms with Crippen molar-refractivity contribution in [3.05, 3.63) is 64.7 Å². The molecule has 1 fully saturated rings. The molecule has 1 saturated heterocycles. The highest BCUT2D eigenvalue weighted by molar-refractivity contribution is 5.94. The first kappa shape index (κ1) is 19.1. The second-order valence-corrected chi connectivity index (χ2v) is 7.41. The van der Waals surface area contributed by atoms with Crippen molar-refractivity contribution in [1.82, 2.24) is 4.90 Å². The first-order valence-electron chi connectivity index (χ1n) is 9.49. The molecular formula is C22H28N3O2+. The summed E-state index contributed by atoms with van der Waals surface area (Å²) in [5.74, 6) is 0.105. The van der Waals surface area contributed by atoms with Gasteiger partial charge in [-0.15, -0.1) is 0 Å². The average Bonchev–Trinajstić information content (AvgIpc) is 2.65. The van der Waals surface area contributed by atoms with Crippen LogP contribution in [0, 0.1) is 20.8 Å². The zero-order valence-corrected chi connectivity index (χ0v) is 16.3. The summed E-state index contributed by atoms with van der Waals surface area (Å²) in [5.41, 5.74) is 5.03. The van der Waals surface area contributed by atoms with Crippen LogP contribution in [0.5, 0.6) is 0 Å². The number of carbonyl (C=O) groups is 2. The van der Waals surface area contributed by atoms with E-state index in [1.54, 1.807) is 0 Å². The Kier molecular flexibility index (Phi) is 5.91. The Morgan fingerprint density at radius 3 is 2.19 bits per heavy atom. The van der Waals surface area contributed by atoms with E-state index < -0.39 is 0 Å². The van der Waals surface area contributed by atoms with Gasteiger partial charge in [0.2, 0.25) is 0 Å². The van der Waals surface area contributed by atoms with Crippen molar-refractivity contribution in [3.8, 4) is 0 Å². The van der Waals surface area contributed by atoms with Gasteiger partial charge in [0.15, 0.2) is 6.54 Å². The Balaban J connectivity index is 1.52. The summed E-state index contributed by atoms with van der Waals surface area (Å²) >= 11 is 0. The quantitative estimate of drug-likeness (QED) is 0.864. The van der Waals surface area contributed by atoms with Gasteiger partial charge in [0, 0.05) is 11.3 Å². The fourth-order valence-corrected chi connectivity index (χ4v) is 3.75. The SMILES string of the molecule is Cc1cc(C)c(NC(=O)C[NH+]2CCN(C(=O)c3ccccc3)CC2)c(C)c1. The molecule has 5 nitrogen and oxygen atoms in total. The topological polar surface area (TPSA) is 53.9 Å².